The summed E-state index contributed by atoms with van der Waals surface area (Å²) >= 11 is 1.24. The molecule has 1 fully saturated rings. The van der Waals surface area contributed by atoms with Crippen LogP contribution in [0.15, 0.2) is 65.5 Å². The molecule has 0 spiro atoms. The Bertz CT molecular complexity index is 1410. The maximum Gasteiger partial charge on any atom is 0.266 e. The summed E-state index contributed by atoms with van der Waals surface area (Å²) < 4.78 is 15.4. The van der Waals surface area contributed by atoms with Crippen molar-refractivity contribution >= 4 is 38.8 Å². The Balaban J connectivity index is 1.71. The Hall–Kier alpha value is -3.49. The van der Waals surface area contributed by atoms with E-state index in [1.54, 1.807) is 34.6 Å². The third kappa shape index (κ3) is 3.92. The number of pyridine rings is 1. The van der Waals surface area contributed by atoms with Crippen LogP contribution in [-0.2, 0) is 0 Å². The largest absolute Gasteiger partial charge is 0.391 e. The summed E-state index contributed by atoms with van der Waals surface area (Å²) in [5, 5.41) is 14.0. The molecule has 1 amide bonds. The highest BCUT2D eigenvalue weighted by Crippen LogP contribution is 2.39. The zero-order chi connectivity index (χ0) is 23.1. The number of aryl methyl sites for hydroxylation is 1. The van der Waals surface area contributed by atoms with E-state index in [-0.39, 0.29) is 23.8 Å². The molecule has 0 saturated carbocycles. The number of hydrogen-bond donors (Lipinski definition) is 2. The number of carbonyl (C=O) groups excluding carboxylic acids is 1. The van der Waals surface area contributed by atoms with Gasteiger partial charge in [0.05, 0.1) is 17.5 Å². The van der Waals surface area contributed by atoms with Crippen LogP contribution in [0.5, 0.6) is 0 Å². The molecule has 0 aliphatic carbocycles. The molecule has 0 bridgehead atoms. The number of aromatic nitrogens is 1. The summed E-state index contributed by atoms with van der Waals surface area (Å²) in [4.78, 5) is 29.0. The monoisotopic (exact) mass is 463 g/mol. The van der Waals surface area contributed by atoms with Crippen LogP contribution in [-0.4, -0.2) is 39.7 Å². The molecular formula is C25H22FN3O3S. The van der Waals surface area contributed by atoms with E-state index >= 15 is 0 Å². The van der Waals surface area contributed by atoms with E-state index in [1.807, 2.05) is 30.3 Å². The van der Waals surface area contributed by atoms with Crippen molar-refractivity contribution in [1.29, 1.82) is 0 Å². The second kappa shape index (κ2) is 8.46. The van der Waals surface area contributed by atoms with E-state index in [1.165, 1.54) is 23.5 Å². The standard InChI is InChI=1S/C25H22FN3O3S/c1-15-13-16(7-9-20(15)26)27-22-19-8-10-21(31)29(17-5-3-2-4-6-17)25(19)33-23(22)24(32)28-12-11-18(30)14-28/h2-10,13,18,27,30H,11-12,14H2,1H3. The van der Waals surface area contributed by atoms with Crippen molar-refractivity contribution in [2.45, 2.75) is 19.4 Å². The number of benzene rings is 2. The number of nitrogens with one attached hydrogen (secondary N) is 1. The molecule has 1 saturated heterocycles. The number of anilines is 2. The molecule has 4 aromatic rings. The fourth-order valence-corrected chi connectivity index (χ4v) is 5.35. The fourth-order valence-electron chi connectivity index (χ4n) is 4.11. The van der Waals surface area contributed by atoms with Gasteiger partial charge in [-0.2, -0.15) is 0 Å². The maximum absolute atomic E-state index is 13.8. The van der Waals surface area contributed by atoms with Crippen molar-refractivity contribution in [3.05, 3.63) is 87.3 Å². The summed E-state index contributed by atoms with van der Waals surface area (Å²) in [6, 6.07) is 17.1. The number of likely N-dealkylation sites (tertiary alicyclic amines) is 1. The van der Waals surface area contributed by atoms with Crippen LogP contribution < -0.4 is 10.9 Å². The lowest BCUT2D eigenvalue weighted by Gasteiger charge is -2.16. The highest BCUT2D eigenvalue weighted by atomic mass is 32.1. The minimum absolute atomic E-state index is 0.199. The zero-order valence-corrected chi connectivity index (χ0v) is 18.7. The number of amides is 1. The zero-order valence-electron chi connectivity index (χ0n) is 17.9. The number of halogens is 1. The lowest BCUT2D eigenvalue weighted by Crippen LogP contribution is -2.29. The smallest absolute Gasteiger partial charge is 0.266 e. The maximum atomic E-state index is 13.8. The summed E-state index contributed by atoms with van der Waals surface area (Å²) in [6.07, 6.45) is -0.00682. The highest BCUT2D eigenvalue weighted by molar-refractivity contribution is 7.21. The number of fused-ring (bicyclic) bond motifs is 1. The van der Waals surface area contributed by atoms with Gasteiger partial charge < -0.3 is 15.3 Å². The summed E-state index contributed by atoms with van der Waals surface area (Å²) in [6.45, 7) is 2.42. The van der Waals surface area contributed by atoms with Crippen molar-refractivity contribution in [2.75, 3.05) is 18.4 Å². The lowest BCUT2D eigenvalue weighted by molar-refractivity contribution is 0.0770. The number of aliphatic hydroxyl groups excluding tert-OH is 1. The first-order valence-corrected chi connectivity index (χ1v) is 11.5. The van der Waals surface area contributed by atoms with Crippen LogP contribution >= 0.6 is 11.3 Å². The van der Waals surface area contributed by atoms with Gasteiger partial charge in [0.25, 0.3) is 11.5 Å². The van der Waals surface area contributed by atoms with E-state index in [4.69, 9.17) is 0 Å². The average Bonchev–Trinajstić information content (AvgIpc) is 3.40. The third-order valence-corrected chi connectivity index (χ3v) is 7.01. The third-order valence-electron chi connectivity index (χ3n) is 5.83. The van der Waals surface area contributed by atoms with Gasteiger partial charge in [-0.15, -0.1) is 11.3 Å². The van der Waals surface area contributed by atoms with Gasteiger partial charge in [0.15, 0.2) is 0 Å². The topological polar surface area (TPSA) is 74.6 Å². The van der Waals surface area contributed by atoms with Crippen molar-refractivity contribution in [2.24, 2.45) is 0 Å². The van der Waals surface area contributed by atoms with Gasteiger partial charge in [-0.25, -0.2) is 4.39 Å². The normalized spacial score (nSPS) is 15.8. The minimum Gasteiger partial charge on any atom is -0.391 e. The molecule has 3 heterocycles. The van der Waals surface area contributed by atoms with E-state index < -0.39 is 6.10 Å². The average molecular weight is 464 g/mol. The van der Waals surface area contributed by atoms with Crippen molar-refractivity contribution in [3.63, 3.8) is 0 Å². The number of para-hydroxylation sites is 1. The molecule has 2 N–H and O–H groups in total. The highest BCUT2D eigenvalue weighted by Gasteiger charge is 2.30. The SMILES string of the molecule is Cc1cc(Nc2c(C(=O)N3CCC(O)C3)sc3c2ccc(=O)n3-c2ccccc2)ccc1F. The van der Waals surface area contributed by atoms with Crippen LogP contribution in [0.3, 0.4) is 0 Å². The molecule has 0 radical (unpaired) electrons. The number of hydrogen-bond acceptors (Lipinski definition) is 5. The fraction of sp³-hybridized carbons (Fsp3) is 0.200. The Labute approximate surface area is 193 Å². The second-order valence-corrected chi connectivity index (χ2v) is 9.15. The first kappa shape index (κ1) is 21.4. The minimum atomic E-state index is -0.540. The predicted octanol–water partition coefficient (Wildman–Crippen LogP) is 4.45. The number of β-amino-alcohol motifs (C(OH)–C–C–N with tert-alkyl or cyclic N) is 1. The Morgan fingerprint density at radius 3 is 2.64 bits per heavy atom. The molecule has 33 heavy (non-hydrogen) atoms. The van der Waals surface area contributed by atoms with Crippen LogP contribution in [0.1, 0.15) is 21.7 Å². The molecule has 1 unspecified atom stereocenters. The Kier molecular flexibility index (Phi) is 5.47. The number of rotatable bonds is 4. The van der Waals surface area contributed by atoms with Gasteiger partial charge in [0.2, 0.25) is 0 Å². The molecular weight excluding hydrogens is 441 g/mol. The molecule has 5 rings (SSSR count). The summed E-state index contributed by atoms with van der Waals surface area (Å²) in [5.41, 5.74) is 2.19. The van der Waals surface area contributed by atoms with Gasteiger partial charge in [0, 0.05) is 30.2 Å². The molecule has 2 aromatic heterocycles. The molecule has 2 aromatic carbocycles. The molecule has 6 nitrogen and oxygen atoms in total. The van der Waals surface area contributed by atoms with Crippen LogP contribution in [0.25, 0.3) is 15.9 Å². The number of thiophene rings is 1. The van der Waals surface area contributed by atoms with Gasteiger partial charge in [0.1, 0.15) is 15.5 Å². The molecule has 168 valence electrons. The first-order chi connectivity index (χ1) is 15.9. The van der Waals surface area contributed by atoms with Crippen molar-refractivity contribution < 1.29 is 14.3 Å². The number of carbonyl (C=O) groups is 1. The quantitative estimate of drug-likeness (QED) is 0.469. The lowest BCUT2D eigenvalue weighted by atomic mass is 10.2. The van der Waals surface area contributed by atoms with Crippen LogP contribution in [0.4, 0.5) is 15.8 Å². The van der Waals surface area contributed by atoms with Gasteiger partial charge in [-0.3, -0.25) is 14.2 Å². The van der Waals surface area contributed by atoms with E-state index in [0.717, 1.165) is 0 Å². The van der Waals surface area contributed by atoms with Crippen molar-refractivity contribution in [3.8, 4) is 5.69 Å². The van der Waals surface area contributed by atoms with Crippen LogP contribution in [0, 0.1) is 12.7 Å². The summed E-state index contributed by atoms with van der Waals surface area (Å²) in [5.74, 6) is -0.517. The molecule has 1 atom stereocenters. The van der Waals surface area contributed by atoms with Crippen LogP contribution in [0.2, 0.25) is 0 Å². The molecule has 8 heteroatoms. The van der Waals surface area contributed by atoms with Gasteiger partial charge in [-0.05, 0) is 55.3 Å². The Morgan fingerprint density at radius 2 is 1.94 bits per heavy atom. The Morgan fingerprint density at radius 1 is 1.15 bits per heavy atom. The van der Waals surface area contributed by atoms with E-state index in [0.29, 0.717) is 50.7 Å². The predicted molar refractivity (Wildman–Crippen MR) is 128 cm³/mol. The molecule has 1 aliphatic heterocycles. The second-order valence-electron chi connectivity index (χ2n) is 8.15. The van der Waals surface area contributed by atoms with E-state index in [9.17, 15) is 19.1 Å². The number of aliphatic hydroxyl groups is 1. The van der Waals surface area contributed by atoms with Crippen molar-refractivity contribution in [1.82, 2.24) is 9.47 Å². The summed E-state index contributed by atoms with van der Waals surface area (Å²) in [7, 11) is 0. The van der Waals surface area contributed by atoms with Gasteiger partial charge >= 0.3 is 0 Å². The van der Waals surface area contributed by atoms with E-state index in [2.05, 4.69) is 5.32 Å². The number of nitrogens with zero attached hydrogens (tertiary/aromatic N) is 2. The van der Waals surface area contributed by atoms with Gasteiger partial charge in [-0.1, -0.05) is 18.2 Å². The first-order valence-electron chi connectivity index (χ1n) is 10.7. The molecule has 1 aliphatic rings.